The molecule has 0 saturated carbocycles. The van der Waals surface area contributed by atoms with E-state index in [2.05, 4.69) is 26.6 Å². The lowest BCUT2D eigenvalue weighted by atomic mass is 9.71. The molecular weight excluding hydrogens is 799 g/mol. The van der Waals surface area contributed by atoms with Crippen LogP contribution in [-0.2, 0) is 17.8 Å². The predicted octanol–water partition coefficient (Wildman–Crippen LogP) is 9.07. The van der Waals surface area contributed by atoms with E-state index in [9.17, 15) is 19.2 Å². The highest BCUT2D eigenvalue weighted by atomic mass is 28.5. The number of fused-ring (bicyclic) bond motifs is 2. The van der Waals surface area contributed by atoms with Gasteiger partial charge in [0.05, 0.1) is 22.3 Å². The fraction of sp³-hybridized carbons (Fsp3) is 0.500. The van der Waals surface area contributed by atoms with E-state index in [1.54, 1.807) is 5.70 Å². The molecule has 4 amide bonds. The molecule has 2 heterocycles. The summed E-state index contributed by atoms with van der Waals surface area (Å²) in [5.41, 5.74) is -7.61. The summed E-state index contributed by atoms with van der Waals surface area (Å²) in [6.45, 7) is 20.0. The van der Waals surface area contributed by atoms with Crippen LogP contribution in [0.15, 0.2) is 48.7 Å². The second-order valence-corrected chi connectivity index (χ2v) is 31.6. The van der Waals surface area contributed by atoms with Crippen molar-refractivity contribution in [3.8, 4) is 0 Å². The highest BCUT2D eigenvalue weighted by Gasteiger charge is 2.73. The van der Waals surface area contributed by atoms with Crippen molar-refractivity contribution in [1.82, 2.24) is 9.80 Å². The zero-order valence-electron chi connectivity index (χ0n) is 32.5. The molecule has 55 heavy (non-hydrogen) atoms. The summed E-state index contributed by atoms with van der Waals surface area (Å²) in [5.74, 6) is -3.82. The van der Waals surface area contributed by atoms with Gasteiger partial charge in [0, 0.05) is 13.6 Å². The van der Waals surface area contributed by atoms with Crippen LogP contribution < -0.4 is 0 Å². The van der Waals surface area contributed by atoms with Crippen LogP contribution in [0.1, 0.15) is 78.7 Å². The molecular formula is C36H48F6N2O7Si4. The molecule has 0 aliphatic carbocycles. The van der Waals surface area contributed by atoms with E-state index in [0.29, 0.717) is 35.2 Å². The first-order valence-corrected chi connectivity index (χ1v) is 29.4. The first kappa shape index (κ1) is 44.5. The number of rotatable bonds is 16. The minimum Gasteiger partial charge on any atom is -0.436 e. The fourth-order valence-corrected chi connectivity index (χ4v) is 25.9. The molecule has 0 N–H and O–H groups in total. The third kappa shape index (κ3) is 8.71. The summed E-state index contributed by atoms with van der Waals surface area (Å²) in [4.78, 5) is 53.2. The number of carbonyl (C=O) groups is 4. The molecule has 2 aromatic rings. The predicted molar refractivity (Wildman–Crippen MR) is 204 cm³/mol. The molecule has 1 atom stereocenters. The monoisotopic (exact) mass is 846 g/mol. The quantitative estimate of drug-likeness (QED) is 0.0944. The van der Waals surface area contributed by atoms with Crippen LogP contribution in [0.2, 0.25) is 57.9 Å². The Morgan fingerprint density at radius 3 is 1.58 bits per heavy atom. The van der Waals surface area contributed by atoms with Crippen LogP contribution in [0.5, 0.6) is 0 Å². The van der Waals surface area contributed by atoms with Crippen LogP contribution in [0, 0.1) is 0 Å². The second-order valence-electron chi connectivity index (χ2n) is 15.9. The van der Waals surface area contributed by atoms with Gasteiger partial charge in [-0.2, -0.15) is 26.3 Å². The first-order chi connectivity index (χ1) is 25.1. The van der Waals surface area contributed by atoms with Crippen LogP contribution in [-0.4, -0.2) is 93.1 Å². The first-order valence-electron chi connectivity index (χ1n) is 17.9. The van der Waals surface area contributed by atoms with Crippen molar-refractivity contribution in [3.05, 3.63) is 82.1 Å². The number of nitrogens with zero attached hydrogens (tertiary/aromatic N) is 2. The molecule has 0 radical (unpaired) electrons. The zero-order valence-corrected chi connectivity index (χ0v) is 36.5. The van der Waals surface area contributed by atoms with Gasteiger partial charge >= 0.3 is 29.5 Å². The van der Waals surface area contributed by atoms with Gasteiger partial charge in [-0.1, -0.05) is 37.6 Å². The number of unbranched alkanes of at least 4 members (excludes halogenated alkanes) is 1. The molecule has 0 bridgehead atoms. The molecule has 9 nitrogen and oxygen atoms in total. The van der Waals surface area contributed by atoms with Crippen molar-refractivity contribution in [1.29, 1.82) is 0 Å². The Balaban J connectivity index is 1.56. The number of hydrogen-bond donors (Lipinski definition) is 0. The third-order valence-corrected chi connectivity index (χ3v) is 25.3. The maximum absolute atomic E-state index is 15.0. The molecule has 2 aromatic carbocycles. The maximum Gasteiger partial charge on any atom is 0.411 e. The standard InChI is InChI=1S/C36H48F6N2O7Si4/c1-11-13-20-53(6,7)50-55(10,12-2)51-54(8,9)49-52(4,5)21-14-19-44-32(47)27-18-16-25(23-29(27)33(44)48)34(35(37,38)39,36(40,41)42)24-15-17-26-28(22-24)31(46)43(3)30(26)45/h12,15-18,22-23H,2,11,13-14,19-21H2,1,3-10H3. The smallest absolute Gasteiger partial charge is 0.411 e. The Bertz CT molecular complexity index is 1870. The summed E-state index contributed by atoms with van der Waals surface area (Å²) in [6, 6.07) is 4.86. The van der Waals surface area contributed by atoms with Crippen molar-refractivity contribution in [2.24, 2.45) is 0 Å². The summed E-state index contributed by atoms with van der Waals surface area (Å²) < 4.78 is 110. The molecule has 2 aliphatic heterocycles. The number of halogens is 6. The SMILES string of the molecule is C=C[Si](C)(O[Si](C)(C)CCCC)O[Si](C)(C)O[Si](C)(C)CCCN1C(=O)c2ccc(C(c3ccc4c(c3)C(=O)N(C)C4=O)(C(F)(F)F)C(F)(F)F)cc2C1=O. The Labute approximate surface area is 321 Å². The van der Waals surface area contributed by atoms with E-state index in [4.69, 9.17) is 12.3 Å². The maximum atomic E-state index is 15.0. The van der Waals surface area contributed by atoms with E-state index in [-0.39, 0.29) is 24.1 Å². The van der Waals surface area contributed by atoms with Crippen LogP contribution in [0.4, 0.5) is 26.3 Å². The number of imide groups is 2. The van der Waals surface area contributed by atoms with E-state index < -0.39 is 97.4 Å². The summed E-state index contributed by atoms with van der Waals surface area (Å²) in [5, 5.41) is 0. The van der Waals surface area contributed by atoms with Crippen LogP contribution >= 0.6 is 0 Å². The number of hydrogen-bond acceptors (Lipinski definition) is 7. The Hall–Kier alpha value is -3.21. The highest BCUT2D eigenvalue weighted by Crippen LogP contribution is 2.57. The number of alkyl halides is 6. The van der Waals surface area contributed by atoms with Crippen molar-refractivity contribution in [2.75, 3.05) is 13.6 Å². The Morgan fingerprint density at radius 1 is 0.655 bits per heavy atom. The van der Waals surface area contributed by atoms with E-state index in [1.165, 1.54) is 0 Å². The van der Waals surface area contributed by atoms with E-state index in [0.717, 1.165) is 43.0 Å². The van der Waals surface area contributed by atoms with Gasteiger partial charge in [-0.05, 0) is 99.7 Å². The van der Waals surface area contributed by atoms with Crippen molar-refractivity contribution in [3.63, 3.8) is 0 Å². The lowest BCUT2D eigenvalue weighted by Crippen LogP contribution is -2.57. The average Bonchev–Trinajstić information content (AvgIpc) is 3.40. The minimum atomic E-state index is -6.04. The Morgan fingerprint density at radius 2 is 1.09 bits per heavy atom. The third-order valence-electron chi connectivity index (χ3n) is 9.89. The van der Waals surface area contributed by atoms with Crippen molar-refractivity contribution in [2.45, 2.75) is 102 Å². The second kappa shape index (κ2) is 15.3. The molecule has 302 valence electrons. The van der Waals surface area contributed by atoms with Gasteiger partial charge in [-0.3, -0.25) is 29.0 Å². The van der Waals surface area contributed by atoms with Crippen LogP contribution in [0.3, 0.4) is 0 Å². The highest BCUT2D eigenvalue weighted by molar-refractivity contribution is 6.91. The lowest BCUT2D eigenvalue weighted by Gasteiger charge is -2.41. The summed E-state index contributed by atoms with van der Waals surface area (Å²) in [6.07, 6.45) is -9.72. The summed E-state index contributed by atoms with van der Waals surface area (Å²) in [7, 11) is -9.13. The molecule has 19 heteroatoms. The summed E-state index contributed by atoms with van der Waals surface area (Å²) >= 11 is 0. The normalized spacial score (nSPS) is 16.9. The van der Waals surface area contributed by atoms with Crippen molar-refractivity contribution < 1.29 is 57.9 Å². The van der Waals surface area contributed by atoms with Crippen molar-refractivity contribution >= 4 is 57.4 Å². The van der Waals surface area contributed by atoms with Gasteiger partial charge in [-0.15, -0.1) is 6.58 Å². The zero-order chi connectivity index (χ0) is 41.7. The average molecular weight is 847 g/mol. The molecule has 1 unspecified atom stereocenters. The van der Waals surface area contributed by atoms with Gasteiger partial charge in [0.2, 0.25) is 5.41 Å². The lowest BCUT2D eigenvalue weighted by molar-refractivity contribution is -0.288. The van der Waals surface area contributed by atoms with Crippen LogP contribution in [0.25, 0.3) is 0 Å². The largest absolute Gasteiger partial charge is 0.436 e. The number of carbonyl (C=O) groups excluding carboxylic acids is 4. The minimum absolute atomic E-state index is 0.151. The van der Waals surface area contributed by atoms with Gasteiger partial charge in [0.15, 0.2) is 16.6 Å². The topological polar surface area (TPSA) is 102 Å². The molecule has 0 saturated heterocycles. The molecule has 2 aliphatic rings. The number of benzene rings is 2. The van der Waals surface area contributed by atoms with E-state index in [1.807, 2.05) is 32.7 Å². The molecule has 0 fully saturated rings. The molecule has 0 spiro atoms. The fourth-order valence-electron chi connectivity index (χ4n) is 7.50. The molecule has 4 rings (SSSR count). The van der Waals surface area contributed by atoms with Gasteiger partial charge in [0.1, 0.15) is 0 Å². The van der Waals surface area contributed by atoms with Gasteiger partial charge in [-0.25, -0.2) is 0 Å². The van der Waals surface area contributed by atoms with E-state index >= 15 is 26.3 Å². The van der Waals surface area contributed by atoms with Gasteiger partial charge in [0.25, 0.3) is 23.6 Å². The number of amides is 4. The Kier molecular flexibility index (Phi) is 12.4. The molecule has 0 aromatic heterocycles. The van der Waals surface area contributed by atoms with Gasteiger partial charge < -0.3 is 12.3 Å².